The lowest BCUT2D eigenvalue weighted by Crippen LogP contribution is -2.36. The van der Waals surface area contributed by atoms with Crippen LogP contribution in [-0.2, 0) is 0 Å². The van der Waals surface area contributed by atoms with Gasteiger partial charge in [-0.3, -0.25) is 4.79 Å². The first-order chi connectivity index (χ1) is 10.7. The molecule has 1 atom stereocenters. The van der Waals surface area contributed by atoms with Crippen molar-refractivity contribution in [2.75, 3.05) is 13.1 Å². The summed E-state index contributed by atoms with van der Waals surface area (Å²) < 4.78 is 5.95. The summed E-state index contributed by atoms with van der Waals surface area (Å²) >= 11 is 0. The largest absolute Gasteiger partial charge is 0.450 e. The number of nitrogens with one attached hydrogen (secondary N) is 2. The van der Waals surface area contributed by atoms with Gasteiger partial charge in [-0.05, 0) is 25.3 Å². The van der Waals surface area contributed by atoms with Crippen molar-refractivity contribution >= 4 is 40.1 Å². The van der Waals surface area contributed by atoms with Crippen LogP contribution in [-0.4, -0.2) is 25.0 Å². The van der Waals surface area contributed by atoms with E-state index in [0.717, 1.165) is 46.8 Å². The second-order valence-corrected chi connectivity index (χ2v) is 5.88. The topological polar surface area (TPSA) is 54.3 Å². The Labute approximate surface area is 140 Å². The number of aryl methyl sites for hydroxylation is 1. The van der Waals surface area contributed by atoms with Gasteiger partial charge in [0.05, 0.1) is 0 Å². The number of fused-ring (bicyclic) bond motifs is 3. The van der Waals surface area contributed by atoms with Crippen molar-refractivity contribution in [3.8, 4) is 0 Å². The molecular formula is C18H19ClN2O2. The second kappa shape index (κ2) is 6.22. The zero-order chi connectivity index (χ0) is 15.1. The Morgan fingerprint density at radius 3 is 2.83 bits per heavy atom. The summed E-state index contributed by atoms with van der Waals surface area (Å²) in [5.41, 5.74) is 1.70. The number of hydrogen-bond acceptors (Lipinski definition) is 3. The van der Waals surface area contributed by atoms with Gasteiger partial charge in [-0.2, -0.15) is 0 Å². The predicted octanol–water partition coefficient (Wildman–Crippen LogP) is 3.41. The summed E-state index contributed by atoms with van der Waals surface area (Å²) in [5.74, 6) is 0.310. The van der Waals surface area contributed by atoms with Crippen molar-refractivity contribution in [3.05, 3.63) is 47.7 Å². The maximum Gasteiger partial charge on any atom is 0.287 e. The van der Waals surface area contributed by atoms with Gasteiger partial charge in [0.2, 0.25) is 0 Å². The molecule has 2 heterocycles. The van der Waals surface area contributed by atoms with Crippen LogP contribution in [0.15, 0.2) is 40.8 Å². The van der Waals surface area contributed by atoms with E-state index in [1.54, 1.807) is 0 Å². The molecule has 1 aliphatic heterocycles. The monoisotopic (exact) mass is 330 g/mol. The Morgan fingerprint density at radius 1 is 1.22 bits per heavy atom. The molecule has 3 aromatic rings. The van der Waals surface area contributed by atoms with Gasteiger partial charge in [-0.25, -0.2) is 0 Å². The molecule has 1 amide bonds. The van der Waals surface area contributed by atoms with Gasteiger partial charge in [-0.1, -0.05) is 36.4 Å². The second-order valence-electron chi connectivity index (χ2n) is 5.88. The van der Waals surface area contributed by atoms with Crippen molar-refractivity contribution < 1.29 is 9.21 Å². The Balaban J connectivity index is 0.00000156. The summed E-state index contributed by atoms with van der Waals surface area (Å²) in [6.07, 6.45) is 0.966. The number of carbonyl (C=O) groups excluding carboxylic acids is 1. The Morgan fingerprint density at radius 2 is 2.04 bits per heavy atom. The summed E-state index contributed by atoms with van der Waals surface area (Å²) in [7, 11) is 0. The highest BCUT2D eigenvalue weighted by Gasteiger charge is 2.23. The zero-order valence-electron chi connectivity index (χ0n) is 12.9. The third kappa shape index (κ3) is 2.69. The van der Waals surface area contributed by atoms with Crippen molar-refractivity contribution in [1.82, 2.24) is 10.6 Å². The van der Waals surface area contributed by atoms with Gasteiger partial charge in [0.15, 0.2) is 5.76 Å². The van der Waals surface area contributed by atoms with Crippen LogP contribution in [0.2, 0.25) is 0 Å². The zero-order valence-corrected chi connectivity index (χ0v) is 13.7. The fourth-order valence-electron chi connectivity index (χ4n) is 3.19. The highest BCUT2D eigenvalue weighted by Crippen LogP contribution is 2.31. The Bertz CT molecular complexity index is 866. The molecule has 4 nitrogen and oxygen atoms in total. The van der Waals surface area contributed by atoms with Gasteiger partial charge < -0.3 is 15.1 Å². The van der Waals surface area contributed by atoms with E-state index in [-0.39, 0.29) is 24.4 Å². The molecular weight excluding hydrogens is 312 g/mol. The first kappa shape index (κ1) is 15.8. The smallest absolute Gasteiger partial charge is 0.287 e. The molecule has 2 aromatic carbocycles. The maximum atomic E-state index is 12.5. The summed E-state index contributed by atoms with van der Waals surface area (Å²) in [4.78, 5) is 12.5. The van der Waals surface area contributed by atoms with Gasteiger partial charge >= 0.3 is 0 Å². The molecule has 0 aliphatic carbocycles. The third-order valence-corrected chi connectivity index (χ3v) is 4.43. The van der Waals surface area contributed by atoms with Crippen LogP contribution in [0.3, 0.4) is 0 Å². The van der Waals surface area contributed by atoms with Crippen molar-refractivity contribution in [2.45, 2.75) is 19.4 Å². The average Bonchev–Trinajstić information content (AvgIpc) is 3.15. The molecule has 1 aliphatic rings. The fraction of sp³-hybridized carbons (Fsp3) is 0.278. The van der Waals surface area contributed by atoms with Crippen LogP contribution in [0, 0.1) is 6.92 Å². The lowest BCUT2D eigenvalue weighted by molar-refractivity contribution is 0.0913. The quantitative estimate of drug-likeness (QED) is 0.757. The number of halogens is 1. The first-order valence-corrected chi connectivity index (χ1v) is 7.66. The molecule has 1 aromatic heterocycles. The average molecular weight is 331 g/mol. The van der Waals surface area contributed by atoms with Crippen LogP contribution in [0.1, 0.15) is 22.5 Å². The summed E-state index contributed by atoms with van der Waals surface area (Å²) in [5, 5.41) is 9.47. The molecule has 1 unspecified atom stereocenters. The minimum absolute atomic E-state index is 0. The Kier molecular flexibility index (Phi) is 4.28. The summed E-state index contributed by atoms with van der Waals surface area (Å²) in [6.45, 7) is 3.73. The minimum atomic E-state index is -0.119. The molecule has 0 saturated carbocycles. The van der Waals surface area contributed by atoms with Crippen LogP contribution in [0.25, 0.3) is 21.7 Å². The van der Waals surface area contributed by atoms with Gasteiger partial charge in [-0.15, -0.1) is 12.4 Å². The van der Waals surface area contributed by atoms with E-state index < -0.39 is 0 Å². The van der Waals surface area contributed by atoms with E-state index in [0.29, 0.717) is 5.76 Å². The van der Waals surface area contributed by atoms with Gasteiger partial charge in [0.1, 0.15) is 5.58 Å². The van der Waals surface area contributed by atoms with E-state index in [1.807, 2.05) is 31.2 Å². The normalized spacial score (nSPS) is 17.3. The minimum Gasteiger partial charge on any atom is -0.450 e. The SMILES string of the molecule is Cc1c(C(=O)NC2CCNC2)oc2c1ccc1ccccc12.Cl. The van der Waals surface area contributed by atoms with E-state index in [2.05, 4.69) is 22.8 Å². The molecule has 5 heteroatoms. The summed E-state index contributed by atoms with van der Waals surface area (Å²) in [6, 6.07) is 12.4. The Hall–Kier alpha value is -2.04. The van der Waals surface area contributed by atoms with Crippen molar-refractivity contribution in [2.24, 2.45) is 0 Å². The van der Waals surface area contributed by atoms with Crippen LogP contribution in [0.4, 0.5) is 0 Å². The molecule has 120 valence electrons. The van der Waals surface area contributed by atoms with Crippen molar-refractivity contribution in [3.63, 3.8) is 0 Å². The van der Waals surface area contributed by atoms with Crippen LogP contribution >= 0.6 is 12.4 Å². The van der Waals surface area contributed by atoms with Crippen LogP contribution < -0.4 is 10.6 Å². The number of hydrogen-bond donors (Lipinski definition) is 2. The molecule has 0 bridgehead atoms. The molecule has 1 saturated heterocycles. The van der Waals surface area contributed by atoms with Crippen LogP contribution in [0.5, 0.6) is 0 Å². The molecule has 2 N–H and O–H groups in total. The number of carbonyl (C=O) groups is 1. The highest BCUT2D eigenvalue weighted by atomic mass is 35.5. The molecule has 0 radical (unpaired) electrons. The van der Waals surface area contributed by atoms with E-state index in [9.17, 15) is 4.79 Å². The highest BCUT2D eigenvalue weighted by molar-refractivity contribution is 6.08. The third-order valence-electron chi connectivity index (χ3n) is 4.43. The molecule has 0 spiro atoms. The fourth-order valence-corrected chi connectivity index (χ4v) is 3.19. The maximum absolute atomic E-state index is 12.5. The van der Waals surface area contributed by atoms with E-state index in [4.69, 9.17) is 4.42 Å². The van der Waals surface area contributed by atoms with Crippen molar-refractivity contribution in [1.29, 1.82) is 0 Å². The lowest BCUT2D eigenvalue weighted by atomic mass is 10.1. The van der Waals surface area contributed by atoms with Gasteiger partial charge in [0.25, 0.3) is 5.91 Å². The van der Waals surface area contributed by atoms with Gasteiger partial charge in [0, 0.05) is 28.9 Å². The first-order valence-electron chi connectivity index (χ1n) is 7.66. The number of amides is 1. The predicted molar refractivity (Wildman–Crippen MR) is 94.4 cm³/mol. The number of rotatable bonds is 2. The lowest BCUT2D eigenvalue weighted by Gasteiger charge is -2.09. The standard InChI is InChI=1S/C18H18N2O2.ClH/c1-11-14-7-6-12-4-2-3-5-15(12)17(14)22-16(11)18(21)20-13-8-9-19-10-13;/h2-7,13,19H,8-10H2,1H3,(H,20,21);1H. The molecule has 23 heavy (non-hydrogen) atoms. The van der Waals surface area contributed by atoms with E-state index >= 15 is 0 Å². The van der Waals surface area contributed by atoms with E-state index in [1.165, 1.54) is 0 Å². The number of benzene rings is 2. The molecule has 1 fully saturated rings. The number of furan rings is 1. The molecule has 4 rings (SSSR count).